The first-order valence-electron chi connectivity index (χ1n) is 3.71. The molecule has 0 bridgehead atoms. The van der Waals surface area contributed by atoms with Gasteiger partial charge in [0, 0.05) is 10.7 Å². The lowest BCUT2D eigenvalue weighted by molar-refractivity contribution is 0.405. The van der Waals surface area contributed by atoms with E-state index in [4.69, 9.17) is 10.7 Å². The van der Waals surface area contributed by atoms with Gasteiger partial charge in [0.15, 0.2) is 0 Å². The molecule has 1 fully saturated rings. The van der Waals surface area contributed by atoms with Crippen molar-refractivity contribution in [2.75, 3.05) is 18.8 Å². The van der Waals surface area contributed by atoms with Gasteiger partial charge in [-0.15, -0.1) is 0 Å². The van der Waals surface area contributed by atoms with Gasteiger partial charge in [-0.05, 0) is 31.8 Å². The second-order valence-corrected chi connectivity index (χ2v) is 5.74. The van der Waals surface area contributed by atoms with Crippen LogP contribution in [0.5, 0.6) is 0 Å². The first-order chi connectivity index (χ1) is 5.08. The van der Waals surface area contributed by atoms with Crippen molar-refractivity contribution in [1.29, 1.82) is 0 Å². The van der Waals surface area contributed by atoms with Crippen LogP contribution < -0.4 is 5.32 Å². The van der Waals surface area contributed by atoms with E-state index >= 15 is 0 Å². The highest BCUT2D eigenvalue weighted by Crippen LogP contribution is 2.14. The van der Waals surface area contributed by atoms with Gasteiger partial charge in [-0.3, -0.25) is 0 Å². The summed E-state index contributed by atoms with van der Waals surface area (Å²) in [5.74, 6) is 0.327. The maximum Gasteiger partial charge on any atom is 0.232 e. The van der Waals surface area contributed by atoms with Crippen LogP contribution in [0, 0.1) is 5.92 Å². The molecule has 1 aliphatic heterocycles. The number of piperidine rings is 1. The van der Waals surface area contributed by atoms with Gasteiger partial charge in [0.1, 0.15) is 0 Å². The van der Waals surface area contributed by atoms with Gasteiger partial charge in [-0.1, -0.05) is 0 Å². The van der Waals surface area contributed by atoms with Crippen molar-refractivity contribution >= 4 is 19.7 Å². The van der Waals surface area contributed by atoms with Crippen LogP contribution in [0.25, 0.3) is 0 Å². The van der Waals surface area contributed by atoms with Crippen molar-refractivity contribution in [3.05, 3.63) is 0 Å². The van der Waals surface area contributed by atoms with E-state index in [-0.39, 0.29) is 11.7 Å². The van der Waals surface area contributed by atoms with Crippen molar-refractivity contribution in [2.24, 2.45) is 5.92 Å². The number of hydrogen-bond acceptors (Lipinski definition) is 3. The third-order valence-corrected chi connectivity index (χ3v) is 3.08. The topological polar surface area (TPSA) is 46.2 Å². The SMILES string of the molecule is O=S(=O)(Cl)C[C@@H]1CCCNC1. The monoisotopic (exact) mass is 197 g/mol. The van der Waals surface area contributed by atoms with E-state index in [2.05, 4.69) is 5.32 Å². The Labute approximate surface area is 71.5 Å². The van der Waals surface area contributed by atoms with Gasteiger partial charge in [-0.2, -0.15) is 0 Å². The molecule has 0 aromatic carbocycles. The van der Waals surface area contributed by atoms with E-state index in [0.717, 1.165) is 25.9 Å². The molecule has 0 aromatic heterocycles. The maximum atomic E-state index is 10.6. The lowest BCUT2D eigenvalue weighted by Crippen LogP contribution is -2.32. The molecule has 0 unspecified atom stereocenters. The normalized spacial score (nSPS) is 26.8. The van der Waals surface area contributed by atoms with Crippen molar-refractivity contribution in [1.82, 2.24) is 5.32 Å². The van der Waals surface area contributed by atoms with Crippen LogP contribution in [0.1, 0.15) is 12.8 Å². The molecule has 0 radical (unpaired) electrons. The van der Waals surface area contributed by atoms with Crippen molar-refractivity contribution in [3.8, 4) is 0 Å². The average molecular weight is 198 g/mol. The molecular weight excluding hydrogens is 186 g/mol. The molecule has 1 aliphatic rings. The highest BCUT2D eigenvalue weighted by atomic mass is 35.7. The Morgan fingerprint density at radius 2 is 2.27 bits per heavy atom. The van der Waals surface area contributed by atoms with E-state index in [1.807, 2.05) is 0 Å². The van der Waals surface area contributed by atoms with E-state index in [1.165, 1.54) is 0 Å². The van der Waals surface area contributed by atoms with Crippen LogP contribution in [0.4, 0.5) is 0 Å². The summed E-state index contributed by atoms with van der Waals surface area (Å²) in [6.07, 6.45) is 2.02. The van der Waals surface area contributed by atoms with Crippen LogP contribution in [0.3, 0.4) is 0 Å². The van der Waals surface area contributed by atoms with Gasteiger partial charge >= 0.3 is 0 Å². The van der Waals surface area contributed by atoms with E-state index in [1.54, 1.807) is 0 Å². The maximum absolute atomic E-state index is 10.6. The Balaban J connectivity index is 2.36. The zero-order chi connectivity index (χ0) is 8.32. The molecule has 0 aromatic rings. The molecule has 11 heavy (non-hydrogen) atoms. The first kappa shape index (κ1) is 9.29. The minimum atomic E-state index is -3.29. The lowest BCUT2D eigenvalue weighted by Gasteiger charge is -2.20. The van der Waals surface area contributed by atoms with Crippen LogP contribution in [-0.4, -0.2) is 27.3 Å². The highest BCUT2D eigenvalue weighted by molar-refractivity contribution is 8.13. The molecule has 1 rings (SSSR count). The van der Waals surface area contributed by atoms with Crippen LogP contribution in [-0.2, 0) is 9.05 Å². The van der Waals surface area contributed by atoms with E-state index in [0.29, 0.717) is 0 Å². The lowest BCUT2D eigenvalue weighted by atomic mass is 10.0. The molecule has 3 nitrogen and oxygen atoms in total. The fourth-order valence-electron chi connectivity index (χ4n) is 1.35. The number of rotatable bonds is 2. The fourth-order valence-corrected chi connectivity index (χ4v) is 2.73. The summed E-state index contributed by atoms with van der Waals surface area (Å²) < 4.78 is 21.3. The molecule has 0 saturated carbocycles. The predicted octanol–water partition coefficient (Wildman–Crippen LogP) is 0.555. The summed E-state index contributed by atoms with van der Waals surface area (Å²) >= 11 is 0. The van der Waals surface area contributed by atoms with Crippen molar-refractivity contribution in [2.45, 2.75) is 12.8 Å². The minimum absolute atomic E-state index is 0.113. The molecule has 1 heterocycles. The van der Waals surface area contributed by atoms with Gasteiger partial charge in [-0.25, -0.2) is 8.42 Å². The Morgan fingerprint density at radius 1 is 1.55 bits per heavy atom. The number of nitrogens with one attached hydrogen (secondary N) is 1. The van der Waals surface area contributed by atoms with E-state index < -0.39 is 9.05 Å². The van der Waals surface area contributed by atoms with Gasteiger partial charge in [0.05, 0.1) is 5.75 Å². The predicted molar refractivity (Wildman–Crippen MR) is 45.2 cm³/mol. The zero-order valence-electron chi connectivity index (χ0n) is 6.22. The highest BCUT2D eigenvalue weighted by Gasteiger charge is 2.18. The van der Waals surface area contributed by atoms with Crippen LogP contribution in [0.15, 0.2) is 0 Å². The molecule has 66 valence electrons. The first-order valence-corrected chi connectivity index (χ1v) is 6.19. The summed E-state index contributed by atoms with van der Waals surface area (Å²) in [4.78, 5) is 0. The quantitative estimate of drug-likeness (QED) is 0.658. The Bertz CT molecular complexity index is 209. The third-order valence-electron chi connectivity index (χ3n) is 1.83. The zero-order valence-corrected chi connectivity index (χ0v) is 7.79. The molecule has 0 spiro atoms. The second-order valence-electron chi connectivity index (χ2n) is 2.92. The van der Waals surface area contributed by atoms with Crippen molar-refractivity contribution < 1.29 is 8.42 Å². The third kappa shape index (κ3) is 3.94. The van der Waals surface area contributed by atoms with Gasteiger partial charge < -0.3 is 5.32 Å². The summed E-state index contributed by atoms with van der Waals surface area (Å²) in [6, 6.07) is 0. The Hall–Kier alpha value is 0.200. The van der Waals surface area contributed by atoms with Crippen LogP contribution >= 0.6 is 10.7 Å². The summed E-state index contributed by atoms with van der Waals surface area (Å²) in [5, 5.41) is 3.13. The van der Waals surface area contributed by atoms with E-state index in [9.17, 15) is 8.42 Å². The molecule has 1 N–H and O–H groups in total. The minimum Gasteiger partial charge on any atom is -0.316 e. The van der Waals surface area contributed by atoms with Gasteiger partial charge in [0.2, 0.25) is 9.05 Å². The Kier molecular flexibility index (Phi) is 3.16. The summed E-state index contributed by atoms with van der Waals surface area (Å²) in [5.41, 5.74) is 0. The molecular formula is C6H12ClNO2S. The van der Waals surface area contributed by atoms with Crippen molar-refractivity contribution in [3.63, 3.8) is 0 Å². The number of halogens is 1. The molecule has 5 heteroatoms. The second kappa shape index (κ2) is 3.74. The average Bonchev–Trinajstić information content (AvgIpc) is 1.85. The Morgan fingerprint density at radius 3 is 2.73 bits per heavy atom. The van der Waals surface area contributed by atoms with Crippen LogP contribution in [0.2, 0.25) is 0 Å². The number of hydrogen-bond donors (Lipinski definition) is 1. The molecule has 1 atom stereocenters. The van der Waals surface area contributed by atoms with Gasteiger partial charge in [0.25, 0.3) is 0 Å². The summed E-state index contributed by atoms with van der Waals surface area (Å²) in [7, 11) is 1.82. The standard InChI is InChI=1S/C6H12ClNO2S/c7-11(9,10)5-6-2-1-3-8-4-6/h6,8H,1-5H2/t6-/m1/s1. The molecule has 1 saturated heterocycles. The largest absolute Gasteiger partial charge is 0.316 e. The fraction of sp³-hybridized carbons (Fsp3) is 1.00. The molecule has 0 amide bonds. The smallest absolute Gasteiger partial charge is 0.232 e. The molecule has 0 aliphatic carbocycles. The summed E-state index contributed by atoms with van der Waals surface area (Å²) in [6.45, 7) is 1.78.